The molecule has 1 aliphatic carbocycles. The molecule has 0 spiro atoms. The van der Waals surface area contributed by atoms with E-state index in [2.05, 4.69) is 25.1 Å². The van der Waals surface area contributed by atoms with Crippen LogP contribution >= 0.6 is 0 Å². The summed E-state index contributed by atoms with van der Waals surface area (Å²) < 4.78 is 41.8. The van der Waals surface area contributed by atoms with Crippen LogP contribution in [-0.4, -0.2) is 94.8 Å². The zero-order valence-corrected chi connectivity index (χ0v) is 20.9. The molecule has 2 amide bonds. The largest absolute Gasteiger partial charge is 0.416 e. The molecule has 37 heavy (non-hydrogen) atoms. The van der Waals surface area contributed by atoms with Gasteiger partial charge in [-0.15, -0.1) is 5.10 Å². The summed E-state index contributed by atoms with van der Waals surface area (Å²) in [5.74, 6) is 0.0472. The molecule has 1 N–H and O–H groups in total. The summed E-state index contributed by atoms with van der Waals surface area (Å²) in [6.07, 6.45) is -0.431. The number of anilines is 2. The molecule has 1 aromatic heterocycles. The summed E-state index contributed by atoms with van der Waals surface area (Å²) in [6.45, 7) is 7.23. The lowest BCUT2D eigenvalue weighted by atomic mass is 10.1. The number of aromatic nitrogens is 2. The van der Waals surface area contributed by atoms with Gasteiger partial charge in [0.1, 0.15) is 0 Å². The molecule has 2 aromatic rings. The molecule has 3 aliphatic rings. The smallest absolute Gasteiger partial charge is 0.369 e. The Labute approximate surface area is 213 Å². The van der Waals surface area contributed by atoms with Crippen LogP contribution in [-0.2, 0) is 17.5 Å². The van der Waals surface area contributed by atoms with Gasteiger partial charge in [-0.3, -0.25) is 14.6 Å². The zero-order chi connectivity index (χ0) is 26.2. The van der Waals surface area contributed by atoms with Crippen molar-refractivity contribution in [1.82, 2.24) is 24.5 Å². The molecule has 1 saturated carbocycles. The zero-order valence-electron chi connectivity index (χ0n) is 20.9. The SMILES string of the molecule is CC(=O)Nc1ccn(C(=O)N2CCN(Cc3ccc(C(F)(F)F)cc3N3CCN(C4CC4)CC3)CC2)n1. The summed E-state index contributed by atoms with van der Waals surface area (Å²) in [7, 11) is 0. The van der Waals surface area contributed by atoms with Gasteiger partial charge in [0.05, 0.1) is 5.56 Å². The summed E-state index contributed by atoms with van der Waals surface area (Å²) in [5.41, 5.74) is 0.912. The molecule has 9 nitrogen and oxygen atoms in total. The fourth-order valence-corrected chi connectivity index (χ4v) is 5.10. The number of alkyl halides is 3. The third kappa shape index (κ3) is 6.07. The molecular weight excluding hydrogens is 487 g/mol. The van der Waals surface area contributed by atoms with Gasteiger partial charge in [0.2, 0.25) is 5.91 Å². The topological polar surface area (TPSA) is 77.0 Å². The van der Waals surface area contributed by atoms with Crippen molar-refractivity contribution in [1.29, 1.82) is 0 Å². The quantitative estimate of drug-likeness (QED) is 0.655. The van der Waals surface area contributed by atoms with Gasteiger partial charge >= 0.3 is 12.2 Å². The van der Waals surface area contributed by atoms with Crippen molar-refractivity contribution in [3.05, 3.63) is 41.6 Å². The van der Waals surface area contributed by atoms with Crippen LogP contribution in [0.25, 0.3) is 0 Å². The van der Waals surface area contributed by atoms with Gasteiger partial charge < -0.3 is 15.1 Å². The van der Waals surface area contributed by atoms with Crippen molar-refractivity contribution in [3.63, 3.8) is 0 Å². The molecule has 12 heteroatoms. The van der Waals surface area contributed by atoms with Gasteiger partial charge in [0.15, 0.2) is 5.82 Å². The highest BCUT2D eigenvalue weighted by molar-refractivity contribution is 5.88. The van der Waals surface area contributed by atoms with Crippen molar-refractivity contribution in [2.75, 3.05) is 62.6 Å². The highest BCUT2D eigenvalue weighted by Crippen LogP contribution is 2.35. The second kappa shape index (κ2) is 10.3. The Kier molecular flexibility index (Phi) is 7.13. The number of carbonyl (C=O) groups is 2. The van der Waals surface area contributed by atoms with E-state index in [1.807, 2.05) is 0 Å². The van der Waals surface area contributed by atoms with Gasteiger partial charge in [0.25, 0.3) is 0 Å². The van der Waals surface area contributed by atoms with Crippen LogP contribution in [0.15, 0.2) is 30.5 Å². The Morgan fingerprint density at radius 1 is 1.00 bits per heavy atom. The number of amides is 2. The first-order chi connectivity index (χ1) is 17.7. The molecule has 1 aromatic carbocycles. The summed E-state index contributed by atoms with van der Waals surface area (Å²) in [6, 6.07) is 6.01. The number of nitrogens with one attached hydrogen (secondary N) is 1. The number of rotatable bonds is 5. The van der Waals surface area contributed by atoms with Crippen LogP contribution in [0.3, 0.4) is 0 Å². The summed E-state index contributed by atoms with van der Waals surface area (Å²) in [5, 5.41) is 6.65. The maximum absolute atomic E-state index is 13.5. The predicted molar refractivity (Wildman–Crippen MR) is 132 cm³/mol. The number of hydrogen-bond donors (Lipinski definition) is 1. The van der Waals surface area contributed by atoms with Crippen molar-refractivity contribution < 1.29 is 22.8 Å². The van der Waals surface area contributed by atoms with Crippen LogP contribution < -0.4 is 10.2 Å². The molecule has 0 radical (unpaired) electrons. The predicted octanol–water partition coefficient (Wildman–Crippen LogP) is 2.93. The van der Waals surface area contributed by atoms with Gasteiger partial charge in [0, 0.05) is 89.8 Å². The lowest BCUT2D eigenvalue weighted by Gasteiger charge is -2.39. The van der Waals surface area contributed by atoms with E-state index in [1.165, 1.54) is 42.8 Å². The van der Waals surface area contributed by atoms with E-state index in [-0.39, 0.29) is 11.9 Å². The molecule has 5 rings (SSSR count). The van der Waals surface area contributed by atoms with Crippen molar-refractivity contribution in [2.45, 2.75) is 38.5 Å². The van der Waals surface area contributed by atoms with Crippen LogP contribution in [0, 0.1) is 0 Å². The average Bonchev–Trinajstić information content (AvgIpc) is 3.62. The first-order valence-electron chi connectivity index (χ1n) is 12.7. The summed E-state index contributed by atoms with van der Waals surface area (Å²) >= 11 is 0. The number of halogens is 3. The minimum atomic E-state index is -4.39. The number of piperazine rings is 2. The third-order valence-corrected chi connectivity index (χ3v) is 7.26. The minimum absolute atomic E-state index is 0.265. The van der Waals surface area contributed by atoms with E-state index in [4.69, 9.17) is 0 Å². The normalized spacial score (nSPS) is 19.8. The van der Waals surface area contributed by atoms with E-state index in [9.17, 15) is 22.8 Å². The molecule has 3 fully saturated rings. The molecule has 0 atom stereocenters. The second-order valence-electron chi connectivity index (χ2n) is 9.97. The maximum atomic E-state index is 13.5. The third-order valence-electron chi connectivity index (χ3n) is 7.26. The second-order valence-corrected chi connectivity index (χ2v) is 9.97. The maximum Gasteiger partial charge on any atom is 0.416 e. The van der Waals surface area contributed by atoms with E-state index in [0.717, 1.165) is 31.7 Å². The highest BCUT2D eigenvalue weighted by Gasteiger charge is 2.34. The van der Waals surface area contributed by atoms with E-state index < -0.39 is 11.7 Å². The van der Waals surface area contributed by atoms with Crippen LogP contribution in [0.1, 0.15) is 30.9 Å². The average molecular weight is 520 g/mol. The summed E-state index contributed by atoms with van der Waals surface area (Å²) in [4.78, 5) is 32.4. The molecule has 2 aliphatic heterocycles. The van der Waals surface area contributed by atoms with Crippen LogP contribution in [0.4, 0.5) is 29.5 Å². The number of nitrogens with zero attached hydrogens (tertiary/aromatic N) is 6. The highest BCUT2D eigenvalue weighted by atomic mass is 19.4. The van der Waals surface area contributed by atoms with Crippen LogP contribution in [0.5, 0.6) is 0 Å². The Bertz CT molecular complexity index is 1130. The minimum Gasteiger partial charge on any atom is -0.369 e. The Balaban J connectivity index is 1.23. The number of benzene rings is 1. The molecule has 2 saturated heterocycles. The fraction of sp³-hybridized carbons (Fsp3) is 0.560. The monoisotopic (exact) mass is 519 g/mol. The van der Waals surface area contributed by atoms with Gasteiger partial charge in [-0.05, 0) is 30.5 Å². The molecule has 0 bridgehead atoms. The molecular formula is C25H32F3N7O2. The number of hydrogen-bond acceptors (Lipinski definition) is 6. The van der Waals surface area contributed by atoms with Gasteiger partial charge in [-0.1, -0.05) is 6.07 Å². The van der Waals surface area contributed by atoms with Crippen LogP contribution in [0.2, 0.25) is 0 Å². The molecule has 3 heterocycles. The Morgan fingerprint density at radius 2 is 1.70 bits per heavy atom. The lowest BCUT2D eigenvalue weighted by molar-refractivity contribution is -0.137. The Morgan fingerprint density at radius 3 is 2.32 bits per heavy atom. The van der Waals surface area contributed by atoms with E-state index in [0.29, 0.717) is 50.3 Å². The van der Waals surface area contributed by atoms with E-state index >= 15 is 0 Å². The lowest BCUT2D eigenvalue weighted by Crippen LogP contribution is -2.50. The van der Waals surface area contributed by atoms with Crippen molar-refractivity contribution >= 4 is 23.4 Å². The van der Waals surface area contributed by atoms with Crippen molar-refractivity contribution in [2.24, 2.45) is 0 Å². The number of carbonyl (C=O) groups excluding carboxylic acids is 2. The van der Waals surface area contributed by atoms with Gasteiger partial charge in [-0.25, -0.2) is 4.79 Å². The van der Waals surface area contributed by atoms with Crippen molar-refractivity contribution in [3.8, 4) is 0 Å². The molecule has 200 valence electrons. The standard InChI is InChI=1S/C25H32F3N7O2/c1-18(36)29-23-6-7-35(30-23)24(37)34-10-8-31(9-11-34)17-19-2-3-20(25(26,27)28)16-22(19)33-14-12-32(13-15-33)21-4-5-21/h2-3,6-7,16,21H,4-5,8-15,17H2,1H3,(H,29,30,36). The van der Waals surface area contributed by atoms with Gasteiger partial charge in [-0.2, -0.15) is 17.9 Å². The Hall–Kier alpha value is -3.12. The first-order valence-corrected chi connectivity index (χ1v) is 12.7. The fourth-order valence-electron chi connectivity index (χ4n) is 5.10. The first kappa shape index (κ1) is 25.5. The van der Waals surface area contributed by atoms with E-state index in [1.54, 1.807) is 17.0 Å². The molecule has 0 unspecified atom stereocenters.